The van der Waals surface area contributed by atoms with Crippen LogP contribution in [0.3, 0.4) is 0 Å². The molecule has 0 amide bonds. The van der Waals surface area contributed by atoms with Crippen LogP contribution in [0.1, 0.15) is 45.4 Å². The Morgan fingerprint density at radius 1 is 1.21 bits per heavy atom. The van der Waals surface area contributed by atoms with E-state index in [1.165, 1.54) is 25.7 Å². The fraction of sp³-hybridized carbons (Fsp3) is 0.818. The van der Waals surface area contributed by atoms with Gasteiger partial charge in [0.05, 0.1) is 11.0 Å². The van der Waals surface area contributed by atoms with Crippen LogP contribution in [0.25, 0.3) is 0 Å². The molecule has 0 saturated heterocycles. The summed E-state index contributed by atoms with van der Waals surface area (Å²) in [5.74, 6) is 0.257. The summed E-state index contributed by atoms with van der Waals surface area (Å²) < 4.78 is 22.8. The van der Waals surface area contributed by atoms with E-state index in [4.69, 9.17) is 0 Å². The Bertz CT molecular complexity index is 278. The highest BCUT2D eigenvalue weighted by Gasteiger charge is 2.25. The van der Waals surface area contributed by atoms with E-state index in [2.05, 4.69) is 6.92 Å². The molecule has 0 aromatic rings. The second-order valence-electron chi connectivity index (χ2n) is 4.00. The largest absolute Gasteiger partial charge is 0.228 e. The van der Waals surface area contributed by atoms with Crippen molar-refractivity contribution in [2.45, 2.75) is 50.7 Å². The highest BCUT2D eigenvalue weighted by Crippen LogP contribution is 2.19. The molecule has 0 radical (unpaired) electrons. The third-order valence-corrected chi connectivity index (χ3v) is 4.71. The van der Waals surface area contributed by atoms with Crippen LogP contribution in [0.2, 0.25) is 0 Å². The zero-order valence-electron chi connectivity index (χ0n) is 8.91. The summed E-state index contributed by atoms with van der Waals surface area (Å²) in [6.45, 7) is 2.18. The fourth-order valence-electron chi connectivity index (χ4n) is 1.81. The smallest absolute Gasteiger partial charge is 0.160 e. The van der Waals surface area contributed by atoms with Crippen molar-refractivity contribution in [2.24, 2.45) is 0 Å². The lowest BCUT2D eigenvalue weighted by Gasteiger charge is -2.07. The first kappa shape index (κ1) is 11.8. The van der Waals surface area contributed by atoms with Gasteiger partial charge in [0.2, 0.25) is 0 Å². The van der Waals surface area contributed by atoms with E-state index >= 15 is 0 Å². The van der Waals surface area contributed by atoms with Crippen molar-refractivity contribution in [2.75, 3.05) is 5.75 Å². The van der Waals surface area contributed by atoms with Crippen molar-refractivity contribution >= 4 is 9.84 Å². The van der Waals surface area contributed by atoms with Crippen molar-refractivity contribution in [1.29, 1.82) is 0 Å². The summed E-state index contributed by atoms with van der Waals surface area (Å²) in [7, 11) is -2.79. The molecule has 1 aliphatic heterocycles. The van der Waals surface area contributed by atoms with E-state index in [0.717, 1.165) is 12.8 Å². The Morgan fingerprint density at radius 2 is 1.93 bits per heavy atom. The molecule has 1 atom stereocenters. The zero-order valence-corrected chi connectivity index (χ0v) is 9.72. The van der Waals surface area contributed by atoms with Crippen LogP contribution in [0, 0.1) is 0 Å². The van der Waals surface area contributed by atoms with Gasteiger partial charge >= 0.3 is 0 Å². The van der Waals surface area contributed by atoms with Crippen LogP contribution >= 0.6 is 0 Å². The average Bonchev–Trinajstić information content (AvgIpc) is 2.45. The predicted octanol–water partition coefficient (Wildman–Crippen LogP) is 2.70. The van der Waals surface area contributed by atoms with Gasteiger partial charge in [0.15, 0.2) is 9.84 Å². The van der Waals surface area contributed by atoms with E-state index in [1.54, 1.807) is 6.08 Å². The molecule has 0 fully saturated rings. The molecule has 0 bridgehead atoms. The molecular weight excluding hydrogens is 196 g/mol. The number of unbranched alkanes of at least 4 members (excludes halogenated alkanes) is 4. The zero-order chi connectivity index (χ0) is 10.4. The second kappa shape index (κ2) is 5.54. The maximum atomic E-state index is 11.4. The molecule has 0 saturated carbocycles. The minimum Gasteiger partial charge on any atom is -0.228 e. The lowest BCUT2D eigenvalue weighted by atomic mass is 10.1. The average molecular weight is 216 g/mol. The molecular formula is C11H20O2S. The first-order valence-electron chi connectivity index (χ1n) is 5.55. The summed E-state index contributed by atoms with van der Waals surface area (Å²) in [5.41, 5.74) is 0. The summed E-state index contributed by atoms with van der Waals surface area (Å²) in [6.07, 6.45) is 10.4. The standard InChI is InChI=1S/C11H20O2S/c1-2-3-4-5-6-8-11-9-7-10-14(11,12)13/h7,9,11H,2-6,8,10H2,1H3. The van der Waals surface area contributed by atoms with Gasteiger partial charge < -0.3 is 0 Å². The van der Waals surface area contributed by atoms with Crippen molar-refractivity contribution in [3.63, 3.8) is 0 Å². The summed E-state index contributed by atoms with van der Waals surface area (Å²) in [5, 5.41) is -0.177. The molecule has 0 spiro atoms. The molecule has 0 aromatic carbocycles. The van der Waals surface area contributed by atoms with E-state index in [0.29, 0.717) is 0 Å². The van der Waals surface area contributed by atoms with Gasteiger partial charge in [-0.3, -0.25) is 0 Å². The number of hydrogen-bond donors (Lipinski definition) is 0. The van der Waals surface area contributed by atoms with Gasteiger partial charge in [-0.15, -0.1) is 0 Å². The van der Waals surface area contributed by atoms with Gasteiger partial charge in [-0.05, 0) is 6.42 Å². The van der Waals surface area contributed by atoms with Crippen LogP contribution in [0.4, 0.5) is 0 Å². The molecule has 82 valence electrons. The minimum absolute atomic E-state index is 0.177. The van der Waals surface area contributed by atoms with Gasteiger partial charge in [0.1, 0.15) is 0 Å². The summed E-state index contributed by atoms with van der Waals surface area (Å²) in [6, 6.07) is 0. The van der Waals surface area contributed by atoms with Gasteiger partial charge in [-0.1, -0.05) is 51.2 Å². The molecule has 2 nitrogen and oxygen atoms in total. The van der Waals surface area contributed by atoms with Crippen molar-refractivity contribution in [3.8, 4) is 0 Å². The highest BCUT2D eigenvalue weighted by atomic mass is 32.2. The maximum Gasteiger partial charge on any atom is 0.160 e. The molecule has 0 aromatic heterocycles. The third kappa shape index (κ3) is 3.45. The first-order chi connectivity index (χ1) is 6.67. The molecule has 1 aliphatic rings. The van der Waals surface area contributed by atoms with Crippen molar-refractivity contribution in [1.82, 2.24) is 0 Å². The van der Waals surface area contributed by atoms with Crippen LogP contribution in [-0.2, 0) is 9.84 Å². The third-order valence-electron chi connectivity index (χ3n) is 2.73. The number of sulfone groups is 1. The number of rotatable bonds is 6. The normalized spacial score (nSPS) is 24.2. The predicted molar refractivity (Wildman–Crippen MR) is 60.1 cm³/mol. The molecule has 1 rings (SSSR count). The number of hydrogen-bond acceptors (Lipinski definition) is 2. The van der Waals surface area contributed by atoms with E-state index in [1.807, 2.05) is 6.08 Å². The molecule has 0 N–H and O–H groups in total. The molecule has 0 aliphatic carbocycles. The monoisotopic (exact) mass is 216 g/mol. The Morgan fingerprint density at radius 3 is 2.50 bits per heavy atom. The Hall–Kier alpha value is -0.310. The van der Waals surface area contributed by atoms with E-state index in [-0.39, 0.29) is 11.0 Å². The van der Waals surface area contributed by atoms with Gasteiger partial charge in [0.25, 0.3) is 0 Å². The van der Waals surface area contributed by atoms with Crippen molar-refractivity contribution < 1.29 is 8.42 Å². The van der Waals surface area contributed by atoms with Crippen LogP contribution in [-0.4, -0.2) is 19.4 Å². The molecule has 14 heavy (non-hydrogen) atoms. The Kier molecular flexibility index (Phi) is 4.66. The SMILES string of the molecule is CCCCCCCC1C=CCS1(=O)=O. The quantitative estimate of drug-likeness (QED) is 0.505. The van der Waals surface area contributed by atoms with E-state index < -0.39 is 9.84 Å². The molecule has 1 heterocycles. The molecule has 3 heteroatoms. The lowest BCUT2D eigenvalue weighted by Crippen LogP contribution is -2.15. The topological polar surface area (TPSA) is 34.1 Å². The molecule has 1 unspecified atom stereocenters. The Balaban J connectivity index is 2.16. The first-order valence-corrected chi connectivity index (χ1v) is 7.26. The van der Waals surface area contributed by atoms with Gasteiger partial charge in [0, 0.05) is 0 Å². The van der Waals surface area contributed by atoms with Crippen molar-refractivity contribution in [3.05, 3.63) is 12.2 Å². The Labute approximate surface area is 87.3 Å². The van der Waals surface area contributed by atoms with Crippen LogP contribution in [0.5, 0.6) is 0 Å². The highest BCUT2D eigenvalue weighted by molar-refractivity contribution is 7.92. The van der Waals surface area contributed by atoms with Crippen LogP contribution in [0.15, 0.2) is 12.2 Å². The second-order valence-corrected chi connectivity index (χ2v) is 6.26. The summed E-state index contributed by atoms with van der Waals surface area (Å²) >= 11 is 0. The lowest BCUT2D eigenvalue weighted by molar-refractivity contribution is 0.574. The van der Waals surface area contributed by atoms with Gasteiger partial charge in [-0.2, -0.15) is 0 Å². The van der Waals surface area contributed by atoms with Crippen LogP contribution < -0.4 is 0 Å². The maximum absolute atomic E-state index is 11.4. The fourth-order valence-corrected chi connectivity index (χ4v) is 3.31. The minimum atomic E-state index is -2.79. The summed E-state index contributed by atoms with van der Waals surface area (Å²) in [4.78, 5) is 0. The van der Waals surface area contributed by atoms with Gasteiger partial charge in [-0.25, -0.2) is 8.42 Å². The van der Waals surface area contributed by atoms with E-state index in [9.17, 15) is 8.42 Å².